The number of fused-ring (bicyclic) bond motifs is 1. The Hall–Kier alpha value is -0.480. The zero-order valence-electron chi connectivity index (χ0n) is 5.41. The van der Waals surface area contributed by atoms with Crippen molar-refractivity contribution in [2.45, 2.75) is 6.04 Å². The number of carbonyl (C=O) groups is 1. The highest BCUT2D eigenvalue weighted by atomic mass is 32.2. The van der Waals surface area contributed by atoms with Crippen LogP contribution in [0.5, 0.6) is 0 Å². The molecule has 2 heterocycles. The summed E-state index contributed by atoms with van der Waals surface area (Å²) < 4.78 is 0. The van der Waals surface area contributed by atoms with Crippen LogP contribution in [-0.4, -0.2) is 29.0 Å². The summed E-state index contributed by atoms with van der Waals surface area (Å²) in [7, 11) is 0. The van der Waals surface area contributed by atoms with E-state index in [1.54, 1.807) is 0 Å². The monoisotopic (exact) mass is 156 g/mol. The largest absolute Gasteiger partial charge is 0.315 e. The lowest BCUT2D eigenvalue weighted by atomic mass is 10.3. The molecule has 4 heteroatoms. The van der Waals surface area contributed by atoms with Gasteiger partial charge in [0.1, 0.15) is 0 Å². The summed E-state index contributed by atoms with van der Waals surface area (Å²) in [5, 5.41) is 2.08. The van der Waals surface area contributed by atoms with Gasteiger partial charge >= 0.3 is 0 Å². The second-order valence-corrected chi connectivity index (χ2v) is 3.39. The van der Waals surface area contributed by atoms with Crippen molar-refractivity contribution in [3.05, 3.63) is 11.8 Å². The molecule has 3 nitrogen and oxygen atoms in total. The highest BCUT2D eigenvalue weighted by Crippen LogP contribution is 2.23. The molecule has 54 valence electrons. The molecule has 0 aromatic carbocycles. The molecule has 0 aromatic heterocycles. The van der Waals surface area contributed by atoms with Crippen LogP contribution < -0.4 is 5.43 Å². The Morgan fingerprint density at radius 1 is 1.90 bits per heavy atom. The molecule has 0 radical (unpaired) electrons. The number of hydrogen-bond donors (Lipinski definition) is 1. The SMILES string of the molecule is O=CC1=CC2CSCN2N1. The Morgan fingerprint density at radius 3 is 3.50 bits per heavy atom. The molecule has 1 fully saturated rings. The van der Waals surface area contributed by atoms with Crippen molar-refractivity contribution >= 4 is 18.0 Å². The summed E-state index contributed by atoms with van der Waals surface area (Å²) in [5.41, 5.74) is 3.72. The first kappa shape index (κ1) is 6.24. The Labute approximate surface area is 63.4 Å². The molecule has 0 aliphatic carbocycles. The van der Waals surface area contributed by atoms with E-state index in [1.807, 2.05) is 17.8 Å². The predicted molar refractivity (Wildman–Crippen MR) is 40.2 cm³/mol. The van der Waals surface area contributed by atoms with Crippen LogP contribution in [0.3, 0.4) is 0 Å². The maximum absolute atomic E-state index is 10.3. The zero-order chi connectivity index (χ0) is 6.97. The van der Waals surface area contributed by atoms with Crippen molar-refractivity contribution in [1.82, 2.24) is 10.4 Å². The maximum Gasteiger partial charge on any atom is 0.166 e. The summed E-state index contributed by atoms with van der Waals surface area (Å²) in [5.74, 6) is 2.09. The van der Waals surface area contributed by atoms with Gasteiger partial charge in [-0.25, -0.2) is 5.01 Å². The van der Waals surface area contributed by atoms with Crippen molar-refractivity contribution in [2.75, 3.05) is 11.6 Å². The molecule has 1 atom stereocenters. The normalized spacial score (nSPS) is 31.2. The number of hydrogen-bond acceptors (Lipinski definition) is 4. The average Bonchev–Trinajstić information content (AvgIpc) is 2.42. The number of nitrogens with zero attached hydrogens (tertiary/aromatic N) is 1. The Bertz CT molecular complexity index is 192. The van der Waals surface area contributed by atoms with Crippen molar-refractivity contribution in [1.29, 1.82) is 0 Å². The van der Waals surface area contributed by atoms with Crippen LogP contribution in [0.4, 0.5) is 0 Å². The molecule has 0 aromatic rings. The molecule has 1 saturated heterocycles. The van der Waals surface area contributed by atoms with E-state index in [9.17, 15) is 4.79 Å². The van der Waals surface area contributed by atoms with E-state index in [-0.39, 0.29) is 0 Å². The van der Waals surface area contributed by atoms with E-state index in [1.165, 1.54) is 0 Å². The summed E-state index contributed by atoms with van der Waals surface area (Å²) in [6.07, 6.45) is 2.84. The number of carbonyl (C=O) groups excluding carboxylic acids is 1. The Balaban J connectivity index is 2.13. The van der Waals surface area contributed by atoms with Gasteiger partial charge in [0.15, 0.2) is 6.29 Å². The number of allylic oxidation sites excluding steroid dienone is 1. The first-order chi connectivity index (χ1) is 4.90. The van der Waals surface area contributed by atoms with Gasteiger partial charge < -0.3 is 5.43 Å². The van der Waals surface area contributed by atoms with Crippen molar-refractivity contribution < 1.29 is 4.79 Å². The van der Waals surface area contributed by atoms with Gasteiger partial charge in [-0.15, -0.1) is 11.8 Å². The van der Waals surface area contributed by atoms with Gasteiger partial charge in [0.2, 0.25) is 0 Å². The second kappa shape index (κ2) is 2.29. The minimum Gasteiger partial charge on any atom is -0.315 e. The van der Waals surface area contributed by atoms with Crippen LogP contribution in [0.1, 0.15) is 0 Å². The zero-order valence-corrected chi connectivity index (χ0v) is 6.23. The first-order valence-electron chi connectivity index (χ1n) is 3.18. The van der Waals surface area contributed by atoms with Gasteiger partial charge in [0, 0.05) is 5.75 Å². The van der Waals surface area contributed by atoms with Gasteiger partial charge in [-0.3, -0.25) is 4.79 Å². The molecule has 0 saturated carbocycles. The molecule has 2 rings (SSSR count). The van der Waals surface area contributed by atoms with Crippen LogP contribution in [0.15, 0.2) is 11.8 Å². The predicted octanol–water partition coefficient (Wildman–Crippen LogP) is -0.0377. The number of hydrazine groups is 1. The third kappa shape index (κ3) is 0.839. The number of nitrogens with one attached hydrogen (secondary N) is 1. The van der Waals surface area contributed by atoms with Crippen molar-refractivity contribution in [2.24, 2.45) is 0 Å². The summed E-state index contributed by atoms with van der Waals surface area (Å²) in [4.78, 5) is 10.3. The third-order valence-corrected chi connectivity index (χ3v) is 2.73. The maximum atomic E-state index is 10.3. The number of aldehydes is 1. The standard InChI is InChI=1S/C6H8N2OS/c9-2-5-1-6-3-10-4-8(6)7-5/h1-2,6-7H,3-4H2. The van der Waals surface area contributed by atoms with E-state index < -0.39 is 0 Å². The topological polar surface area (TPSA) is 32.3 Å². The summed E-state index contributed by atoms with van der Waals surface area (Å²) >= 11 is 1.88. The van der Waals surface area contributed by atoms with Crippen LogP contribution in [0, 0.1) is 0 Å². The molecular weight excluding hydrogens is 148 g/mol. The fourth-order valence-electron chi connectivity index (χ4n) is 1.19. The molecular formula is C6H8N2OS. The van der Waals surface area contributed by atoms with Crippen LogP contribution in [0.25, 0.3) is 0 Å². The fourth-order valence-corrected chi connectivity index (χ4v) is 2.26. The van der Waals surface area contributed by atoms with Gasteiger partial charge in [-0.1, -0.05) is 0 Å². The van der Waals surface area contributed by atoms with E-state index in [2.05, 4.69) is 10.4 Å². The Kier molecular flexibility index (Phi) is 1.43. The molecule has 1 unspecified atom stereocenters. The summed E-state index contributed by atoms with van der Waals surface area (Å²) in [6, 6.07) is 0.449. The smallest absolute Gasteiger partial charge is 0.166 e. The lowest BCUT2D eigenvalue weighted by Crippen LogP contribution is -2.34. The fraction of sp³-hybridized carbons (Fsp3) is 0.500. The van der Waals surface area contributed by atoms with E-state index >= 15 is 0 Å². The molecule has 1 N–H and O–H groups in total. The van der Waals surface area contributed by atoms with Crippen LogP contribution in [0.2, 0.25) is 0 Å². The van der Waals surface area contributed by atoms with E-state index in [0.717, 1.165) is 17.9 Å². The lowest BCUT2D eigenvalue weighted by molar-refractivity contribution is -0.105. The summed E-state index contributed by atoms with van der Waals surface area (Å²) in [6.45, 7) is 0. The second-order valence-electron chi connectivity index (χ2n) is 2.39. The van der Waals surface area contributed by atoms with E-state index in [4.69, 9.17) is 0 Å². The van der Waals surface area contributed by atoms with Crippen molar-refractivity contribution in [3.63, 3.8) is 0 Å². The third-order valence-electron chi connectivity index (χ3n) is 1.69. The quantitative estimate of drug-likeness (QED) is 0.540. The molecule has 2 aliphatic rings. The molecule has 0 amide bonds. The van der Waals surface area contributed by atoms with Gasteiger partial charge in [-0.05, 0) is 6.08 Å². The molecule has 0 bridgehead atoms. The van der Waals surface area contributed by atoms with Gasteiger partial charge in [-0.2, -0.15) is 0 Å². The number of thioether (sulfide) groups is 1. The highest BCUT2D eigenvalue weighted by Gasteiger charge is 2.28. The minimum absolute atomic E-state index is 0.449. The average molecular weight is 156 g/mol. The molecule has 10 heavy (non-hydrogen) atoms. The van der Waals surface area contributed by atoms with Gasteiger partial charge in [0.25, 0.3) is 0 Å². The molecule has 0 spiro atoms. The lowest BCUT2D eigenvalue weighted by Gasteiger charge is -2.13. The Morgan fingerprint density at radius 2 is 2.80 bits per heavy atom. The van der Waals surface area contributed by atoms with Crippen molar-refractivity contribution in [3.8, 4) is 0 Å². The van der Waals surface area contributed by atoms with Crippen LogP contribution >= 0.6 is 11.8 Å². The first-order valence-corrected chi connectivity index (χ1v) is 4.33. The van der Waals surface area contributed by atoms with Gasteiger partial charge in [0.05, 0.1) is 17.6 Å². The highest BCUT2D eigenvalue weighted by molar-refractivity contribution is 7.99. The molecule has 2 aliphatic heterocycles. The minimum atomic E-state index is 0.449. The van der Waals surface area contributed by atoms with Crippen LogP contribution in [-0.2, 0) is 4.79 Å². The van der Waals surface area contributed by atoms with E-state index in [0.29, 0.717) is 11.7 Å². The number of rotatable bonds is 1.